The van der Waals surface area contributed by atoms with Crippen molar-refractivity contribution < 1.29 is 4.39 Å². The minimum Gasteiger partial charge on any atom is -0.353 e. The van der Waals surface area contributed by atoms with Gasteiger partial charge in [0.2, 0.25) is 5.95 Å². The summed E-state index contributed by atoms with van der Waals surface area (Å²) in [5.41, 5.74) is 0. The lowest BCUT2D eigenvalue weighted by atomic mass is 10.3. The van der Waals surface area contributed by atoms with E-state index < -0.39 is 5.82 Å². The molecule has 0 amide bonds. The maximum atomic E-state index is 12.6. The van der Waals surface area contributed by atoms with Crippen LogP contribution in [0.3, 0.4) is 0 Å². The van der Waals surface area contributed by atoms with Gasteiger partial charge in [0.05, 0.1) is 12.4 Å². The monoisotopic (exact) mass is 224 g/mol. The number of halogens is 1. The zero-order chi connectivity index (χ0) is 11.4. The van der Waals surface area contributed by atoms with Crippen LogP contribution in [0.2, 0.25) is 0 Å². The average Bonchev–Trinajstić information content (AvgIpc) is 2.81. The van der Waals surface area contributed by atoms with Crippen LogP contribution in [0.5, 0.6) is 0 Å². The highest BCUT2D eigenvalue weighted by Gasteiger charge is 2.17. The molecule has 2 rings (SSSR count). The summed E-state index contributed by atoms with van der Waals surface area (Å²) in [6.45, 7) is 5.33. The molecule has 16 heavy (non-hydrogen) atoms. The molecular formula is C11H17FN4. The Labute approximate surface area is 94.9 Å². The van der Waals surface area contributed by atoms with Gasteiger partial charge in [0.1, 0.15) is 0 Å². The van der Waals surface area contributed by atoms with E-state index in [2.05, 4.69) is 27.1 Å². The van der Waals surface area contributed by atoms with Crippen LogP contribution < -0.4 is 5.32 Å². The number of aromatic nitrogens is 2. The Hall–Kier alpha value is -1.23. The molecule has 0 bridgehead atoms. The minimum absolute atomic E-state index is 0.404. The lowest BCUT2D eigenvalue weighted by Crippen LogP contribution is -2.35. The van der Waals surface area contributed by atoms with Gasteiger partial charge in [0.15, 0.2) is 5.82 Å². The summed E-state index contributed by atoms with van der Waals surface area (Å²) in [7, 11) is 0. The van der Waals surface area contributed by atoms with Crippen LogP contribution in [0.1, 0.15) is 19.8 Å². The van der Waals surface area contributed by atoms with Crippen molar-refractivity contribution in [2.75, 3.05) is 25.0 Å². The van der Waals surface area contributed by atoms with Gasteiger partial charge in [-0.05, 0) is 32.9 Å². The minimum atomic E-state index is -0.404. The second-order valence-corrected chi connectivity index (χ2v) is 4.20. The molecule has 1 unspecified atom stereocenters. The maximum Gasteiger partial charge on any atom is 0.222 e. The molecule has 0 radical (unpaired) electrons. The predicted molar refractivity (Wildman–Crippen MR) is 60.7 cm³/mol. The number of likely N-dealkylation sites (tertiary alicyclic amines) is 1. The van der Waals surface area contributed by atoms with Crippen molar-refractivity contribution in [3.63, 3.8) is 0 Å². The van der Waals surface area contributed by atoms with Crippen molar-refractivity contribution in [3.05, 3.63) is 18.2 Å². The summed E-state index contributed by atoms with van der Waals surface area (Å²) in [4.78, 5) is 10.2. The molecule has 1 aromatic rings. The highest BCUT2D eigenvalue weighted by atomic mass is 19.1. The number of rotatable bonds is 4. The van der Waals surface area contributed by atoms with E-state index in [0.29, 0.717) is 12.0 Å². The molecule has 1 aliphatic heterocycles. The van der Waals surface area contributed by atoms with E-state index in [4.69, 9.17) is 0 Å². The summed E-state index contributed by atoms with van der Waals surface area (Å²) < 4.78 is 12.6. The van der Waals surface area contributed by atoms with Crippen molar-refractivity contribution in [1.29, 1.82) is 0 Å². The normalized spacial score (nSPS) is 18.6. The number of hydrogen-bond acceptors (Lipinski definition) is 4. The summed E-state index contributed by atoms with van der Waals surface area (Å²) in [5.74, 6) is 0.0885. The lowest BCUT2D eigenvalue weighted by molar-refractivity contribution is 0.269. The first-order chi connectivity index (χ1) is 7.75. The van der Waals surface area contributed by atoms with Gasteiger partial charge in [0.25, 0.3) is 0 Å². The molecule has 0 spiro atoms. The van der Waals surface area contributed by atoms with E-state index in [1.165, 1.54) is 38.3 Å². The largest absolute Gasteiger partial charge is 0.353 e. The van der Waals surface area contributed by atoms with Gasteiger partial charge < -0.3 is 5.32 Å². The van der Waals surface area contributed by atoms with Crippen LogP contribution in [0.25, 0.3) is 0 Å². The zero-order valence-corrected chi connectivity index (χ0v) is 9.49. The topological polar surface area (TPSA) is 41.1 Å². The zero-order valence-electron chi connectivity index (χ0n) is 9.49. The Morgan fingerprint density at radius 2 is 2.00 bits per heavy atom. The molecule has 0 aromatic carbocycles. The number of nitrogens with zero attached hydrogens (tertiary/aromatic N) is 3. The molecule has 1 atom stereocenters. The first kappa shape index (κ1) is 11.3. The van der Waals surface area contributed by atoms with Gasteiger partial charge in [-0.2, -0.15) is 0 Å². The summed E-state index contributed by atoms with van der Waals surface area (Å²) in [5, 5.41) is 3.12. The Bertz CT molecular complexity index is 321. The van der Waals surface area contributed by atoms with Gasteiger partial charge in [-0.15, -0.1) is 0 Å². The molecule has 1 N–H and O–H groups in total. The highest BCUT2D eigenvalue weighted by molar-refractivity contribution is 5.22. The Kier molecular flexibility index (Phi) is 3.66. The number of anilines is 1. The van der Waals surface area contributed by atoms with Crippen molar-refractivity contribution >= 4 is 5.95 Å². The molecular weight excluding hydrogens is 207 g/mol. The molecule has 0 saturated carbocycles. The maximum absolute atomic E-state index is 12.6. The lowest BCUT2D eigenvalue weighted by Gasteiger charge is -2.23. The smallest absolute Gasteiger partial charge is 0.222 e. The van der Waals surface area contributed by atoms with E-state index >= 15 is 0 Å². The van der Waals surface area contributed by atoms with E-state index in [1.54, 1.807) is 0 Å². The Morgan fingerprint density at radius 1 is 1.38 bits per heavy atom. The molecule has 2 heterocycles. The molecule has 5 heteroatoms. The molecule has 1 fully saturated rings. The van der Waals surface area contributed by atoms with Gasteiger partial charge in [-0.25, -0.2) is 14.4 Å². The fourth-order valence-electron chi connectivity index (χ4n) is 1.95. The molecule has 0 aliphatic carbocycles. The molecule has 4 nitrogen and oxygen atoms in total. The van der Waals surface area contributed by atoms with Crippen LogP contribution in [-0.2, 0) is 0 Å². The van der Waals surface area contributed by atoms with Crippen LogP contribution in [0.4, 0.5) is 10.3 Å². The SMILES string of the molecule is CC(CNc1ncc(F)cn1)N1CCCC1. The second-order valence-electron chi connectivity index (χ2n) is 4.20. The second kappa shape index (κ2) is 5.21. The van der Waals surface area contributed by atoms with Gasteiger partial charge in [-0.3, -0.25) is 4.90 Å². The Balaban J connectivity index is 1.80. The first-order valence-electron chi connectivity index (χ1n) is 5.71. The fraction of sp³-hybridized carbons (Fsp3) is 0.636. The van der Waals surface area contributed by atoms with E-state index in [0.717, 1.165) is 6.54 Å². The van der Waals surface area contributed by atoms with Gasteiger partial charge >= 0.3 is 0 Å². The van der Waals surface area contributed by atoms with Crippen molar-refractivity contribution in [2.24, 2.45) is 0 Å². The summed E-state index contributed by atoms with van der Waals surface area (Å²) in [6, 6.07) is 0.469. The number of hydrogen-bond donors (Lipinski definition) is 1. The van der Waals surface area contributed by atoms with Gasteiger partial charge in [0, 0.05) is 12.6 Å². The molecule has 88 valence electrons. The standard InChI is InChI=1S/C11H17FN4/c1-9(16-4-2-3-5-16)6-13-11-14-7-10(12)8-15-11/h7-9H,2-6H2,1H3,(H,13,14,15). The van der Waals surface area contributed by atoms with E-state index in [1.807, 2.05) is 0 Å². The first-order valence-corrected chi connectivity index (χ1v) is 5.71. The van der Waals surface area contributed by atoms with Crippen molar-refractivity contribution in [1.82, 2.24) is 14.9 Å². The van der Waals surface area contributed by atoms with Crippen molar-refractivity contribution in [3.8, 4) is 0 Å². The Morgan fingerprint density at radius 3 is 2.62 bits per heavy atom. The highest BCUT2D eigenvalue weighted by Crippen LogP contribution is 2.11. The third-order valence-electron chi connectivity index (χ3n) is 2.94. The van der Waals surface area contributed by atoms with Crippen LogP contribution >= 0.6 is 0 Å². The number of nitrogens with one attached hydrogen (secondary N) is 1. The average molecular weight is 224 g/mol. The van der Waals surface area contributed by atoms with Crippen LogP contribution in [0.15, 0.2) is 12.4 Å². The van der Waals surface area contributed by atoms with Gasteiger partial charge in [-0.1, -0.05) is 0 Å². The third-order valence-corrected chi connectivity index (χ3v) is 2.94. The third kappa shape index (κ3) is 2.88. The van der Waals surface area contributed by atoms with E-state index in [-0.39, 0.29) is 0 Å². The fourth-order valence-corrected chi connectivity index (χ4v) is 1.95. The predicted octanol–water partition coefficient (Wildman–Crippen LogP) is 1.51. The molecule has 1 aromatic heterocycles. The van der Waals surface area contributed by atoms with E-state index in [9.17, 15) is 4.39 Å². The molecule has 1 saturated heterocycles. The quantitative estimate of drug-likeness (QED) is 0.841. The van der Waals surface area contributed by atoms with Crippen molar-refractivity contribution in [2.45, 2.75) is 25.8 Å². The molecule has 1 aliphatic rings. The van der Waals surface area contributed by atoms with Crippen LogP contribution in [0, 0.1) is 5.82 Å². The summed E-state index contributed by atoms with van der Waals surface area (Å²) in [6.07, 6.45) is 4.93. The van der Waals surface area contributed by atoms with Crippen LogP contribution in [-0.4, -0.2) is 40.5 Å². The summed E-state index contributed by atoms with van der Waals surface area (Å²) >= 11 is 0.